The molecule has 1 atom stereocenters. The first-order chi connectivity index (χ1) is 7.31. The van der Waals surface area contributed by atoms with Crippen LogP contribution in [0, 0.1) is 5.82 Å². The van der Waals surface area contributed by atoms with Gasteiger partial charge in [-0.05, 0) is 30.7 Å². The molecule has 1 aliphatic heterocycles. The summed E-state index contributed by atoms with van der Waals surface area (Å²) in [5, 5.41) is 6.59. The summed E-state index contributed by atoms with van der Waals surface area (Å²) < 4.78 is 13.0. The normalized spacial score (nSPS) is 19.5. The van der Waals surface area contributed by atoms with Crippen LogP contribution >= 0.6 is 0 Å². The van der Waals surface area contributed by atoms with Gasteiger partial charge >= 0.3 is 0 Å². The largest absolute Gasteiger partial charge is 0.385 e. The van der Waals surface area contributed by atoms with E-state index in [9.17, 15) is 4.39 Å². The Balaban J connectivity index is 2.18. The molecule has 0 aliphatic carbocycles. The standard InChI is InChI=1S/C12H17FN2/c1-2-14-8-9-5-6-15-12-7-10(13)3-4-11(9)12/h3-4,7,9,14-15H,2,5-6,8H2,1H3. The van der Waals surface area contributed by atoms with Crippen LogP contribution in [0.5, 0.6) is 0 Å². The zero-order valence-electron chi connectivity index (χ0n) is 9.02. The van der Waals surface area contributed by atoms with E-state index >= 15 is 0 Å². The second-order valence-corrected chi connectivity index (χ2v) is 3.95. The lowest BCUT2D eigenvalue weighted by atomic mass is 9.91. The molecule has 1 aromatic carbocycles. The lowest BCUT2D eigenvalue weighted by Gasteiger charge is -2.26. The van der Waals surface area contributed by atoms with E-state index in [4.69, 9.17) is 0 Å². The fourth-order valence-corrected chi connectivity index (χ4v) is 2.10. The maximum absolute atomic E-state index is 13.0. The third kappa shape index (κ3) is 2.29. The maximum atomic E-state index is 13.0. The number of anilines is 1. The molecule has 0 amide bonds. The van der Waals surface area contributed by atoms with Crippen molar-refractivity contribution in [3.05, 3.63) is 29.6 Å². The number of nitrogens with one attached hydrogen (secondary N) is 2. The SMILES string of the molecule is CCNCC1CCNc2cc(F)ccc21. The van der Waals surface area contributed by atoms with Crippen molar-refractivity contribution in [3.8, 4) is 0 Å². The molecule has 2 N–H and O–H groups in total. The van der Waals surface area contributed by atoms with Crippen molar-refractivity contribution in [3.63, 3.8) is 0 Å². The van der Waals surface area contributed by atoms with Crippen LogP contribution in [-0.2, 0) is 0 Å². The summed E-state index contributed by atoms with van der Waals surface area (Å²) >= 11 is 0. The van der Waals surface area contributed by atoms with E-state index < -0.39 is 0 Å². The van der Waals surface area contributed by atoms with Gasteiger partial charge in [0.2, 0.25) is 0 Å². The number of hydrogen-bond donors (Lipinski definition) is 2. The fourth-order valence-electron chi connectivity index (χ4n) is 2.10. The Morgan fingerprint density at radius 1 is 1.53 bits per heavy atom. The molecule has 0 saturated heterocycles. The first-order valence-corrected chi connectivity index (χ1v) is 5.55. The zero-order valence-corrected chi connectivity index (χ0v) is 9.02. The van der Waals surface area contributed by atoms with Crippen molar-refractivity contribution in [1.29, 1.82) is 0 Å². The second-order valence-electron chi connectivity index (χ2n) is 3.95. The number of likely N-dealkylation sites (N-methyl/N-ethyl adjacent to an activating group) is 1. The van der Waals surface area contributed by atoms with Gasteiger partial charge in [-0.1, -0.05) is 13.0 Å². The minimum Gasteiger partial charge on any atom is -0.385 e. The van der Waals surface area contributed by atoms with Crippen molar-refractivity contribution in [2.24, 2.45) is 0 Å². The Labute approximate surface area is 89.9 Å². The number of fused-ring (bicyclic) bond motifs is 1. The molecule has 0 saturated carbocycles. The van der Waals surface area contributed by atoms with E-state index in [1.165, 1.54) is 5.56 Å². The molecule has 1 aliphatic rings. The van der Waals surface area contributed by atoms with Gasteiger partial charge in [0, 0.05) is 24.7 Å². The van der Waals surface area contributed by atoms with Gasteiger partial charge in [0.05, 0.1) is 0 Å². The molecule has 0 fully saturated rings. The molecular formula is C12H17FN2. The summed E-state index contributed by atoms with van der Waals surface area (Å²) in [6.07, 6.45) is 1.12. The van der Waals surface area contributed by atoms with Crippen LogP contribution in [0.2, 0.25) is 0 Å². The third-order valence-electron chi connectivity index (χ3n) is 2.90. The molecule has 3 heteroatoms. The summed E-state index contributed by atoms with van der Waals surface area (Å²) in [4.78, 5) is 0. The van der Waals surface area contributed by atoms with E-state index in [0.717, 1.165) is 31.7 Å². The summed E-state index contributed by atoms with van der Waals surface area (Å²) in [6, 6.07) is 5.04. The Bertz CT molecular complexity index is 338. The number of halogens is 1. The Hall–Kier alpha value is -1.09. The Morgan fingerprint density at radius 2 is 2.40 bits per heavy atom. The predicted octanol–water partition coefficient (Wildman–Crippen LogP) is 2.33. The average molecular weight is 208 g/mol. The number of hydrogen-bond acceptors (Lipinski definition) is 2. The van der Waals surface area contributed by atoms with E-state index in [1.807, 2.05) is 6.07 Å². The first-order valence-electron chi connectivity index (χ1n) is 5.55. The molecule has 15 heavy (non-hydrogen) atoms. The molecule has 0 bridgehead atoms. The van der Waals surface area contributed by atoms with Gasteiger partial charge in [-0.25, -0.2) is 4.39 Å². The highest BCUT2D eigenvalue weighted by atomic mass is 19.1. The van der Waals surface area contributed by atoms with Crippen molar-refractivity contribution < 1.29 is 4.39 Å². The molecule has 1 unspecified atom stereocenters. The summed E-state index contributed by atoms with van der Waals surface area (Å²) in [6.45, 7) is 5.01. The van der Waals surface area contributed by atoms with E-state index in [2.05, 4.69) is 17.6 Å². The monoisotopic (exact) mass is 208 g/mol. The predicted molar refractivity (Wildman–Crippen MR) is 60.8 cm³/mol. The van der Waals surface area contributed by atoms with Gasteiger partial charge in [0.1, 0.15) is 5.82 Å². The van der Waals surface area contributed by atoms with Gasteiger partial charge in [-0.3, -0.25) is 0 Å². The molecule has 0 spiro atoms. The summed E-state index contributed by atoms with van der Waals surface area (Å²) in [5.41, 5.74) is 2.20. The highest BCUT2D eigenvalue weighted by Crippen LogP contribution is 2.31. The van der Waals surface area contributed by atoms with E-state index in [0.29, 0.717) is 5.92 Å². The van der Waals surface area contributed by atoms with Crippen LogP contribution < -0.4 is 10.6 Å². The maximum Gasteiger partial charge on any atom is 0.125 e. The molecule has 1 heterocycles. The minimum atomic E-state index is -0.162. The number of benzene rings is 1. The van der Waals surface area contributed by atoms with E-state index in [-0.39, 0.29) is 5.82 Å². The average Bonchev–Trinajstić information content (AvgIpc) is 2.25. The van der Waals surface area contributed by atoms with Crippen LogP contribution in [0.15, 0.2) is 18.2 Å². The van der Waals surface area contributed by atoms with E-state index in [1.54, 1.807) is 12.1 Å². The second kappa shape index (κ2) is 4.62. The van der Waals surface area contributed by atoms with Crippen molar-refractivity contribution >= 4 is 5.69 Å². The third-order valence-corrected chi connectivity index (χ3v) is 2.90. The lowest BCUT2D eigenvalue weighted by Crippen LogP contribution is -2.26. The smallest absolute Gasteiger partial charge is 0.125 e. The highest BCUT2D eigenvalue weighted by Gasteiger charge is 2.19. The van der Waals surface area contributed by atoms with Gasteiger partial charge in [0.25, 0.3) is 0 Å². The Kier molecular flexibility index (Phi) is 3.21. The molecule has 2 rings (SSSR count). The van der Waals surface area contributed by atoms with Crippen LogP contribution in [0.1, 0.15) is 24.8 Å². The van der Waals surface area contributed by atoms with Crippen molar-refractivity contribution in [1.82, 2.24) is 5.32 Å². The first kappa shape index (κ1) is 10.4. The fraction of sp³-hybridized carbons (Fsp3) is 0.500. The van der Waals surface area contributed by atoms with Crippen molar-refractivity contribution in [2.45, 2.75) is 19.3 Å². The van der Waals surface area contributed by atoms with Gasteiger partial charge in [-0.15, -0.1) is 0 Å². The van der Waals surface area contributed by atoms with Crippen LogP contribution in [0.25, 0.3) is 0 Å². The van der Waals surface area contributed by atoms with Gasteiger partial charge in [-0.2, -0.15) is 0 Å². The molecule has 2 nitrogen and oxygen atoms in total. The van der Waals surface area contributed by atoms with Gasteiger partial charge in [0.15, 0.2) is 0 Å². The topological polar surface area (TPSA) is 24.1 Å². The number of rotatable bonds is 3. The van der Waals surface area contributed by atoms with Crippen LogP contribution in [0.4, 0.5) is 10.1 Å². The quantitative estimate of drug-likeness (QED) is 0.796. The Morgan fingerprint density at radius 3 is 3.20 bits per heavy atom. The highest BCUT2D eigenvalue weighted by molar-refractivity contribution is 5.55. The molecule has 0 radical (unpaired) electrons. The minimum absolute atomic E-state index is 0.162. The molecule has 82 valence electrons. The summed E-state index contributed by atoms with van der Waals surface area (Å²) in [7, 11) is 0. The van der Waals surface area contributed by atoms with Crippen molar-refractivity contribution in [2.75, 3.05) is 25.0 Å². The van der Waals surface area contributed by atoms with Gasteiger partial charge < -0.3 is 10.6 Å². The zero-order chi connectivity index (χ0) is 10.7. The lowest BCUT2D eigenvalue weighted by molar-refractivity contribution is 0.559. The van der Waals surface area contributed by atoms with Crippen LogP contribution in [0.3, 0.4) is 0 Å². The molecule has 1 aromatic rings. The summed E-state index contributed by atoms with van der Waals surface area (Å²) in [5.74, 6) is 0.354. The molecular weight excluding hydrogens is 191 g/mol. The van der Waals surface area contributed by atoms with Crippen LogP contribution in [-0.4, -0.2) is 19.6 Å². The molecule has 0 aromatic heterocycles.